The quantitative estimate of drug-likeness (QED) is 0.821. The molecule has 1 rings (SSSR count). The normalized spacial score (nSPS) is 13.2. The molecule has 0 saturated heterocycles. The van der Waals surface area contributed by atoms with Crippen LogP contribution in [-0.4, -0.2) is 13.1 Å². The van der Waals surface area contributed by atoms with Crippen molar-refractivity contribution < 1.29 is 13.9 Å². The van der Waals surface area contributed by atoms with E-state index >= 15 is 0 Å². The first-order valence-electron chi connectivity index (χ1n) is 5.46. The molecule has 94 valence electrons. The van der Waals surface area contributed by atoms with Gasteiger partial charge in [-0.1, -0.05) is 12.1 Å². The first-order chi connectivity index (χ1) is 7.86. The van der Waals surface area contributed by atoms with Crippen molar-refractivity contribution in [3.8, 4) is 0 Å². The van der Waals surface area contributed by atoms with Crippen molar-refractivity contribution in [1.29, 1.82) is 0 Å². The topological polar surface area (TPSA) is 52.3 Å². The minimum Gasteiger partial charge on any atom is -0.469 e. The lowest BCUT2D eigenvalue weighted by molar-refractivity contribution is -0.151. The summed E-state index contributed by atoms with van der Waals surface area (Å²) < 4.78 is 17.5. The molecule has 3 nitrogen and oxygen atoms in total. The molecular formula is C13H18FNO2. The number of carbonyl (C=O) groups is 1. The average Bonchev–Trinajstić information content (AvgIpc) is 2.28. The number of methoxy groups -OCH3 is 1. The molecule has 0 radical (unpaired) electrons. The molecule has 0 aromatic heterocycles. The van der Waals surface area contributed by atoms with Crippen molar-refractivity contribution >= 4 is 5.97 Å². The molecule has 0 bridgehead atoms. The second-order valence-corrected chi connectivity index (χ2v) is 4.74. The van der Waals surface area contributed by atoms with Crippen LogP contribution < -0.4 is 5.73 Å². The van der Waals surface area contributed by atoms with Gasteiger partial charge in [0.25, 0.3) is 0 Å². The van der Waals surface area contributed by atoms with E-state index in [1.54, 1.807) is 26.0 Å². The van der Waals surface area contributed by atoms with Gasteiger partial charge in [-0.05, 0) is 38.0 Å². The zero-order valence-electron chi connectivity index (χ0n) is 10.4. The first kappa shape index (κ1) is 13.6. The molecule has 1 atom stereocenters. The Balaban J connectivity index is 2.75. The molecule has 4 heteroatoms. The molecule has 0 saturated carbocycles. The van der Waals surface area contributed by atoms with Crippen LogP contribution in [0.1, 0.15) is 31.9 Å². The minimum atomic E-state index is -0.650. The monoisotopic (exact) mass is 239 g/mol. The van der Waals surface area contributed by atoms with Crippen molar-refractivity contribution in [1.82, 2.24) is 0 Å². The number of benzene rings is 1. The van der Waals surface area contributed by atoms with E-state index in [9.17, 15) is 9.18 Å². The molecule has 1 aromatic rings. The van der Waals surface area contributed by atoms with E-state index in [-0.39, 0.29) is 17.8 Å². The van der Waals surface area contributed by atoms with Gasteiger partial charge in [-0.2, -0.15) is 0 Å². The average molecular weight is 239 g/mol. The van der Waals surface area contributed by atoms with E-state index in [1.165, 1.54) is 19.2 Å². The summed E-state index contributed by atoms with van der Waals surface area (Å²) in [4.78, 5) is 11.5. The van der Waals surface area contributed by atoms with Gasteiger partial charge in [-0.3, -0.25) is 4.79 Å². The molecule has 0 spiro atoms. The Hall–Kier alpha value is -1.42. The third-order valence-corrected chi connectivity index (χ3v) is 2.77. The fourth-order valence-electron chi connectivity index (χ4n) is 1.74. The highest BCUT2D eigenvalue weighted by Gasteiger charge is 2.31. The Labute approximate surface area is 101 Å². The molecule has 2 N–H and O–H groups in total. The van der Waals surface area contributed by atoms with Crippen molar-refractivity contribution in [2.75, 3.05) is 7.11 Å². The van der Waals surface area contributed by atoms with Gasteiger partial charge in [0.1, 0.15) is 5.82 Å². The number of ether oxygens (including phenoxy) is 1. The Bertz CT molecular complexity index is 387. The van der Waals surface area contributed by atoms with Gasteiger partial charge in [-0.25, -0.2) is 4.39 Å². The van der Waals surface area contributed by atoms with Crippen LogP contribution in [0.25, 0.3) is 0 Å². The van der Waals surface area contributed by atoms with Crippen LogP contribution in [0.2, 0.25) is 0 Å². The zero-order valence-corrected chi connectivity index (χ0v) is 10.4. The fraction of sp³-hybridized carbons (Fsp3) is 0.462. The van der Waals surface area contributed by atoms with E-state index in [4.69, 9.17) is 10.5 Å². The molecule has 1 unspecified atom stereocenters. The molecule has 1 aromatic carbocycles. The summed E-state index contributed by atoms with van der Waals surface area (Å²) in [5, 5.41) is 0. The van der Waals surface area contributed by atoms with Crippen LogP contribution in [0.3, 0.4) is 0 Å². The maximum absolute atomic E-state index is 12.8. The lowest BCUT2D eigenvalue weighted by atomic mass is 9.84. The van der Waals surface area contributed by atoms with Crippen molar-refractivity contribution in [3.63, 3.8) is 0 Å². The number of hydrogen-bond acceptors (Lipinski definition) is 3. The highest BCUT2D eigenvalue weighted by atomic mass is 19.1. The van der Waals surface area contributed by atoms with Crippen LogP contribution in [0.15, 0.2) is 24.3 Å². The summed E-state index contributed by atoms with van der Waals surface area (Å²) in [6, 6.07) is 5.67. The van der Waals surface area contributed by atoms with E-state index in [0.29, 0.717) is 6.42 Å². The standard InChI is InChI=1S/C13H18FNO2/c1-13(2,12(16)17-3)8-11(15)9-4-6-10(14)7-5-9/h4-7,11H,8,15H2,1-3H3. The summed E-state index contributed by atoms with van der Waals surface area (Å²) in [6.45, 7) is 3.56. The van der Waals surface area contributed by atoms with Crippen LogP contribution in [0, 0.1) is 11.2 Å². The first-order valence-corrected chi connectivity index (χ1v) is 5.46. The number of halogens is 1. The Morgan fingerprint density at radius 2 is 1.94 bits per heavy atom. The zero-order chi connectivity index (χ0) is 13.1. The van der Waals surface area contributed by atoms with Gasteiger partial charge in [0, 0.05) is 6.04 Å². The maximum atomic E-state index is 12.8. The Morgan fingerprint density at radius 3 is 2.41 bits per heavy atom. The minimum absolute atomic E-state index is 0.296. The number of esters is 1. The number of nitrogens with two attached hydrogens (primary N) is 1. The van der Waals surface area contributed by atoms with E-state index in [1.807, 2.05) is 0 Å². The Kier molecular flexibility index (Phi) is 4.23. The summed E-state index contributed by atoms with van der Waals surface area (Å²) in [5.41, 5.74) is 6.15. The molecule has 0 aliphatic carbocycles. The maximum Gasteiger partial charge on any atom is 0.311 e. The summed E-state index contributed by atoms with van der Waals surface area (Å²) in [7, 11) is 1.35. The largest absolute Gasteiger partial charge is 0.469 e. The van der Waals surface area contributed by atoms with E-state index in [2.05, 4.69) is 0 Å². The smallest absolute Gasteiger partial charge is 0.311 e. The third kappa shape index (κ3) is 3.53. The van der Waals surface area contributed by atoms with Gasteiger partial charge >= 0.3 is 5.97 Å². The molecule has 0 amide bonds. The lowest BCUT2D eigenvalue weighted by Gasteiger charge is -2.25. The summed E-state index contributed by atoms with van der Waals surface area (Å²) >= 11 is 0. The molecule has 17 heavy (non-hydrogen) atoms. The van der Waals surface area contributed by atoms with Crippen molar-refractivity contribution in [2.24, 2.45) is 11.1 Å². The lowest BCUT2D eigenvalue weighted by Crippen LogP contribution is -2.30. The molecule has 0 aliphatic rings. The van der Waals surface area contributed by atoms with Crippen LogP contribution in [0.4, 0.5) is 4.39 Å². The Morgan fingerprint density at radius 1 is 1.41 bits per heavy atom. The van der Waals surface area contributed by atoms with E-state index < -0.39 is 5.41 Å². The number of rotatable bonds is 4. The molecular weight excluding hydrogens is 221 g/mol. The van der Waals surface area contributed by atoms with Gasteiger partial charge in [0.15, 0.2) is 0 Å². The SMILES string of the molecule is COC(=O)C(C)(C)CC(N)c1ccc(F)cc1. The van der Waals surface area contributed by atoms with Gasteiger partial charge in [0.2, 0.25) is 0 Å². The highest BCUT2D eigenvalue weighted by molar-refractivity contribution is 5.75. The summed E-state index contributed by atoms with van der Waals surface area (Å²) in [6.07, 6.45) is 0.450. The number of hydrogen-bond donors (Lipinski definition) is 1. The van der Waals surface area contributed by atoms with Crippen LogP contribution in [-0.2, 0) is 9.53 Å². The predicted molar refractivity (Wildman–Crippen MR) is 63.7 cm³/mol. The van der Waals surface area contributed by atoms with Crippen LogP contribution >= 0.6 is 0 Å². The van der Waals surface area contributed by atoms with Crippen molar-refractivity contribution in [2.45, 2.75) is 26.3 Å². The van der Waals surface area contributed by atoms with Crippen molar-refractivity contribution in [3.05, 3.63) is 35.6 Å². The molecule has 0 aliphatic heterocycles. The molecule has 0 fully saturated rings. The molecule has 0 heterocycles. The fourth-order valence-corrected chi connectivity index (χ4v) is 1.74. The second-order valence-electron chi connectivity index (χ2n) is 4.74. The van der Waals surface area contributed by atoms with Gasteiger partial charge in [0.05, 0.1) is 12.5 Å². The van der Waals surface area contributed by atoms with Gasteiger partial charge < -0.3 is 10.5 Å². The second kappa shape index (κ2) is 5.27. The third-order valence-electron chi connectivity index (χ3n) is 2.77. The predicted octanol–water partition coefficient (Wildman–Crippen LogP) is 2.41. The van der Waals surface area contributed by atoms with E-state index in [0.717, 1.165) is 5.56 Å². The summed E-state index contributed by atoms with van der Waals surface area (Å²) in [5.74, 6) is -0.594. The van der Waals surface area contributed by atoms with Gasteiger partial charge in [-0.15, -0.1) is 0 Å². The highest BCUT2D eigenvalue weighted by Crippen LogP contribution is 2.29. The number of carbonyl (C=O) groups excluding carboxylic acids is 1. The van der Waals surface area contributed by atoms with Crippen LogP contribution in [0.5, 0.6) is 0 Å².